The Hall–Kier alpha value is -0.830. The average Bonchev–Trinajstić information content (AvgIpc) is 2.81. The van der Waals surface area contributed by atoms with Crippen molar-refractivity contribution in [2.24, 2.45) is 5.92 Å². The summed E-state index contributed by atoms with van der Waals surface area (Å²) in [6.07, 6.45) is 6.74. The molecule has 1 rings (SSSR count). The Balaban J connectivity index is 2.63. The zero-order valence-corrected chi connectivity index (χ0v) is 12.3. The number of aliphatic hydroxyl groups is 1. The third kappa shape index (κ3) is 3.84. The Bertz CT molecular complexity index is 327. The van der Waals surface area contributed by atoms with Gasteiger partial charge >= 0.3 is 0 Å². The number of rotatable bonds is 8. The summed E-state index contributed by atoms with van der Waals surface area (Å²) >= 11 is 0. The van der Waals surface area contributed by atoms with Crippen LogP contribution in [0.5, 0.6) is 0 Å². The van der Waals surface area contributed by atoms with E-state index in [0.717, 1.165) is 31.4 Å². The molecule has 1 heterocycles. The SMILES string of the molecule is CCC(CC)C(O)Cc1ccn(C(CC)CC)n1. The van der Waals surface area contributed by atoms with Gasteiger partial charge in [0, 0.05) is 12.6 Å². The quantitative estimate of drug-likeness (QED) is 0.768. The van der Waals surface area contributed by atoms with Gasteiger partial charge in [0.05, 0.1) is 17.8 Å². The average molecular weight is 252 g/mol. The summed E-state index contributed by atoms with van der Waals surface area (Å²) in [7, 11) is 0. The first-order valence-electron chi connectivity index (χ1n) is 7.38. The summed E-state index contributed by atoms with van der Waals surface area (Å²) in [5.41, 5.74) is 1.02. The first-order chi connectivity index (χ1) is 8.65. The van der Waals surface area contributed by atoms with E-state index in [4.69, 9.17) is 0 Å². The summed E-state index contributed by atoms with van der Waals surface area (Å²) in [4.78, 5) is 0. The van der Waals surface area contributed by atoms with Crippen LogP contribution in [0.3, 0.4) is 0 Å². The van der Waals surface area contributed by atoms with Gasteiger partial charge in [0.2, 0.25) is 0 Å². The molecule has 1 unspecified atom stereocenters. The fourth-order valence-corrected chi connectivity index (χ4v) is 2.57. The van der Waals surface area contributed by atoms with Crippen molar-refractivity contribution in [1.82, 2.24) is 9.78 Å². The predicted octanol–water partition coefficient (Wildman–Crippen LogP) is 3.58. The summed E-state index contributed by atoms with van der Waals surface area (Å²) in [5.74, 6) is 0.392. The molecule has 0 spiro atoms. The molecule has 0 aliphatic carbocycles. The standard InChI is InChI=1S/C15H28N2O/c1-5-12(6-2)15(18)11-13-9-10-17(16-13)14(7-3)8-4/h9-10,12,14-15,18H,5-8,11H2,1-4H3. The summed E-state index contributed by atoms with van der Waals surface area (Å²) in [6, 6.07) is 2.54. The van der Waals surface area contributed by atoms with Gasteiger partial charge in [-0.2, -0.15) is 5.10 Å². The highest BCUT2D eigenvalue weighted by Gasteiger charge is 2.17. The minimum absolute atomic E-state index is 0.259. The summed E-state index contributed by atoms with van der Waals surface area (Å²) in [6.45, 7) is 8.66. The van der Waals surface area contributed by atoms with Gasteiger partial charge in [0.25, 0.3) is 0 Å². The van der Waals surface area contributed by atoms with Crippen LogP contribution in [0.2, 0.25) is 0 Å². The smallest absolute Gasteiger partial charge is 0.0650 e. The maximum atomic E-state index is 10.2. The van der Waals surface area contributed by atoms with E-state index in [1.54, 1.807) is 0 Å². The van der Waals surface area contributed by atoms with E-state index < -0.39 is 0 Å². The predicted molar refractivity (Wildman–Crippen MR) is 75.6 cm³/mol. The van der Waals surface area contributed by atoms with Crippen molar-refractivity contribution in [3.8, 4) is 0 Å². The lowest BCUT2D eigenvalue weighted by Crippen LogP contribution is -2.22. The molecule has 1 aromatic rings. The lowest BCUT2D eigenvalue weighted by Gasteiger charge is -2.19. The molecule has 18 heavy (non-hydrogen) atoms. The van der Waals surface area contributed by atoms with Gasteiger partial charge in [0.1, 0.15) is 0 Å². The van der Waals surface area contributed by atoms with Gasteiger partial charge in [-0.05, 0) is 24.8 Å². The van der Waals surface area contributed by atoms with Crippen molar-refractivity contribution in [2.75, 3.05) is 0 Å². The van der Waals surface area contributed by atoms with Crippen LogP contribution in [-0.4, -0.2) is 21.0 Å². The fraction of sp³-hybridized carbons (Fsp3) is 0.800. The molecule has 1 atom stereocenters. The van der Waals surface area contributed by atoms with Crippen LogP contribution in [0.1, 0.15) is 65.1 Å². The van der Waals surface area contributed by atoms with Gasteiger partial charge in [-0.1, -0.05) is 40.5 Å². The lowest BCUT2D eigenvalue weighted by atomic mass is 9.93. The first kappa shape index (κ1) is 15.2. The minimum atomic E-state index is -0.259. The molecule has 0 saturated heterocycles. The van der Waals surface area contributed by atoms with E-state index in [1.165, 1.54) is 0 Å². The van der Waals surface area contributed by atoms with Gasteiger partial charge in [-0.25, -0.2) is 0 Å². The summed E-state index contributed by atoms with van der Waals surface area (Å²) < 4.78 is 2.05. The highest BCUT2D eigenvalue weighted by Crippen LogP contribution is 2.18. The second kappa shape index (κ2) is 7.57. The topological polar surface area (TPSA) is 38.0 Å². The molecule has 0 radical (unpaired) electrons. The van der Waals surface area contributed by atoms with Crippen LogP contribution in [0.15, 0.2) is 12.3 Å². The van der Waals surface area contributed by atoms with Crippen molar-refractivity contribution < 1.29 is 5.11 Å². The Morgan fingerprint density at radius 1 is 1.11 bits per heavy atom. The molecule has 104 valence electrons. The molecule has 0 fully saturated rings. The molecule has 0 aliphatic rings. The van der Waals surface area contributed by atoms with E-state index in [0.29, 0.717) is 18.4 Å². The van der Waals surface area contributed by atoms with E-state index in [9.17, 15) is 5.11 Å². The Morgan fingerprint density at radius 3 is 2.22 bits per heavy atom. The largest absolute Gasteiger partial charge is 0.392 e. The third-order valence-electron chi connectivity index (χ3n) is 3.99. The van der Waals surface area contributed by atoms with Crippen LogP contribution in [0, 0.1) is 5.92 Å². The molecule has 1 aromatic heterocycles. The normalized spacial score (nSPS) is 13.5. The number of hydrogen-bond donors (Lipinski definition) is 1. The number of aromatic nitrogens is 2. The number of nitrogens with zero attached hydrogens (tertiary/aromatic N) is 2. The molecule has 0 saturated carbocycles. The van der Waals surface area contributed by atoms with Gasteiger partial charge in [0.15, 0.2) is 0 Å². The Morgan fingerprint density at radius 2 is 1.72 bits per heavy atom. The highest BCUT2D eigenvalue weighted by atomic mass is 16.3. The van der Waals surface area contributed by atoms with Gasteiger partial charge < -0.3 is 5.11 Å². The van der Waals surface area contributed by atoms with E-state index in [1.807, 2.05) is 12.3 Å². The van der Waals surface area contributed by atoms with Crippen LogP contribution in [0.4, 0.5) is 0 Å². The molecule has 0 amide bonds. The van der Waals surface area contributed by atoms with Crippen LogP contribution >= 0.6 is 0 Å². The molecular formula is C15H28N2O. The second-order valence-electron chi connectivity index (χ2n) is 5.11. The molecule has 3 heteroatoms. The van der Waals surface area contributed by atoms with Crippen molar-refractivity contribution in [2.45, 2.75) is 71.9 Å². The van der Waals surface area contributed by atoms with Crippen LogP contribution in [0.25, 0.3) is 0 Å². The molecule has 0 bridgehead atoms. The summed E-state index contributed by atoms with van der Waals surface area (Å²) in [5, 5.41) is 14.8. The number of hydrogen-bond acceptors (Lipinski definition) is 2. The van der Waals surface area contributed by atoms with E-state index >= 15 is 0 Å². The van der Waals surface area contributed by atoms with Crippen molar-refractivity contribution >= 4 is 0 Å². The Labute approximate surface area is 111 Å². The first-order valence-corrected chi connectivity index (χ1v) is 7.38. The third-order valence-corrected chi connectivity index (χ3v) is 3.99. The molecule has 3 nitrogen and oxygen atoms in total. The molecule has 0 aromatic carbocycles. The van der Waals surface area contributed by atoms with E-state index in [-0.39, 0.29) is 6.10 Å². The molecular weight excluding hydrogens is 224 g/mol. The van der Waals surface area contributed by atoms with Crippen molar-refractivity contribution in [1.29, 1.82) is 0 Å². The van der Waals surface area contributed by atoms with Gasteiger partial charge in [-0.3, -0.25) is 4.68 Å². The Kier molecular flexibility index (Phi) is 6.41. The van der Waals surface area contributed by atoms with Crippen molar-refractivity contribution in [3.63, 3.8) is 0 Å². The van der Waals surface area contributed by atoms with Crippen molar-refractivity contribution in [3.05, 3.63) is 18.0 Å². The minimum Gasteiger partial charge on any atom is -0.392 e. The fourth-order valence-electron chi connectivity index (χ4n) is 2.57. The zero-order chi connectivity index (χ0) is 13.5. The number of aliphatic hydroxyl groups excluding tert-OH is 1. The van der Waals surface area contributed by atoms with Crippen LogP contribution in [-0.2, 0) is 6.42 Å². The highest BCUT2D eigenvalue weighted by molar-refractivity contribution is 5.02. The van der Waals surface area contributed by atoms with E-state index in [2.05, 4.69) is 37.5 Å². The molecule has 1 N–H and O–H groups in total. The van der Waals surface area contributed by atoms with Crippen LogP contribution < -0.4 is 0 Å². The zero-order valence-electron chi connectivity index (χ0n) is 12.3. The lowest BCUT2D eigenvalue weighted by molar-refractivity contribution is 0.102. The second-order valence-corrected chi connectivity index (χ2v) is 5.11. The molecule has 0 aliphatic heterocycles. The maximum Gasteiger partial charge on any atom is 0.0650 e. The maximum absolute atomic E-state index is 10.2. The van der Waals surface area contributed by atoms with Gasteiger partial charge in [-0.15, -0.1) is 0 Å². The monoisotopic (exact) mass is 252 g/mol.